The van der Waals surface area contributed by atoms with Crippen molar-refractivity contribution < 1.29 is 176 Å². The zero-order chi connectivity index (χ0) is 23.1. The first-order valence-corrected chi connectivity index (χ1v) is 11.9. The molecule has 3 aromatic carbocycles. The van der Waals surface area contributed by atoms with Crippen molar-refractivity contribution in [3.8, 4) is 11.5 Å². The fourth-order valence-electron chi connectivity index (χ4n) is 3.57. The predicted octanol–water partition coefficient (Wildman–Crippen LogP) is -13.1. The molecule has 4 N–H and O–H groups in total. The van der Waals surface area contributed by atoms with Gasteiger partial charge in [0.2, 0.25) is 0 Å². The van der Waals surface area contributed by atoms with Crippen molar-refractivity contribution in [3.63, 3.8) is 0 Å². The number of phosphoric acid groups is 2. The van der Waals surface area contributed by atoms with Crippen LogP contribution in [0.25, 0.3) is 0 Å². The first kappa shape index (κ1) is 43.4. The van der Waals surface area contributed by atoms with E-state index in [0.29, 0.717) is 22.3 Å². The van der Waals surface area contributed by atoms with Gasteiger partial charge in [-0.1, -0.05) is 42.5 Å². The standard InChI is InChI=1S/C20H16O10P2.4Na.2H2O/c21-19-17-3-1-2-4-18(17)20(28-19,13-5-9-15(10-6-13)29-31(22,23)24)14-7-11-16(12-8-14)30-32(25,26)27;;;;;;/h1-12H,(H2,22,23,24)(H2,25,26,27);;;;;2*1H2/q;4*+1;;/p-4. The van der Waals surface area contributed by atoms with Gasteiger partial charge in [-0.2, -0.15) is 0 Å². The Bertz CT molecular complexity index is 1210. The van der Waals surface area contributed by atoms with Gasteiger partial charge in [-0.05, 0) is 30.3 Å². The summed E-state index contributed by atoms with van der Waals surface area (Å²) in [5.74, 6) is -1.06. The summed E-state index contributed by atoms with van der Waals surface area (Å²) in [4.78, 5) is 56.1. The number of carbonyl (C=O) groups is 1. The van der Waals surface area contributed by atoms with Crippen LogP contribution in [-0.4, -0.2) is 16.9 Å². The van der Waals surface area contributed by atoms with Crippen molar-refractivity contribution in [2.24, 2.45) is 0 Å². The normalized spacial score (nSPS) is 12.7. The van der Waals surface area contributed by atoms with E-state index in [2.05, 4.69) is 9.05 Å². The van der Waals surface area contributed by atoms with Crippen LogP contribution in [0.15, 0.2) is 72.8 Å². The molecular formula is C20H16Na4O12P2. The van der Waals surface area contributed by atoms with E-state index < -0.39 is 27.2 Å². The summed E-state index contributed by atoms with van der Waals surface area (Å²) in [6, 6.07) is 17.2. The maximum Gasteiger partial charge on any atom is 1.00 e. The molecule has 0 aliphatic carbocycles. The first-order chi connectivity index (χ1) is 15.0. The molecule has 0 aromatic heterocycles. The van der Waals surface area contributed by atoms with Gasteiger partial charge in [0.25, 0.3) is 0 Å². The fourth-order valence-corrected chi connectivity index (χ4v) is 4.33. The zero-order valence-corrected chi connectivity index (χ0v) is 30.7. The summed E-state index contributed by atoms with van der Waals surface area (Å²) < 4.78 is 36.2. The second-order valence-corrected chi connectivity index (χ2v) is 8.90. The molecule has 182 valence electrons. The van der Waals surface area contributed by atoms with Gasteiger partial charge in [0.1, 0.15) is 27.1 Å². The third-order valence-electron chi connectivity index (χ3n) is 4.73. The van der Waals surface area contributed by atoms with Gasteiger partial charge in [-0.3, -0.25) is 0 Å². The minimum atomic E-state index is -5.26. The van der Waals surface area contributed by atoms with Crippen molar-refractivity contribution in [1.82, 2.24) is 0 Å². The van der Waals surface area contributed by atoms with E-state index in [1.807, 2.05) is 0 Å². The van der Waals surface area contributed by atoms with Crippen molar-refractivity contribution in [2.75, 3.05) is 0 Å². The minimum absolute atomic E-state index is 0. The number of hydrogen-bond acceptors (Lipinski definition) is 10. The molecule has 0 spiro atoms. The van der Waals surface area contributed by atoms with Crippen LogP contribution < -0.4 is 147 Å². The number of hydrogen-bond donors (Lipinski definition) is 0. The molecule has 1 heterocycles. The average Bonchev–Trinajstić information content (AvgIpc) is 3.01. The third kappa shape index (κ3) is 10.0. The Balaban J connectivity index is -0.00000204. The molecule has 3 aromatic rings. The smallest absolute Gasteiger partial charge is 0.780 e. The van der Waals surface area contributed by atoms with Gasteiger partial charge in [-0.25, -0.2) is 4.79 Å². The Morgan fingerprint density at radius 1 is 0.632 bits per heavy atom. The van der Waals surface area contributed by atoms with Crippen LogP contribution in [0.5, 0.6) is 11.5 Å². The maximum absolute atomic E-state index is 12.6. The van der Waals surface area contributed by atoms with Gasteiger partial charge in [0, 0.05) is 16.7 Å². The van der Waals surface area contributed by atoms with Gasteiger partial charge in [-0.15, -0.1) is 0 Å². The van der Waals surface area contributed by atoms with E-state index in [4.69, 9.17) is 4.74 Å². The molecule has 12 nitrogen and oxygen atoms in total. The first-order valence-electron chi connectivity index (χ1n) is 8.95. The molecule has 1 aliphatic rings. The Labute approximate surface area is 306 Å². The molecule has 0 saturated carbocycles. The Morgan fingerprint density at radius 3 is 1.37 bits per heavy atom. The number of phosphoric ester groups is 2. The fraction of sp³-hybridized carbons (Fsp3) is 0.0500. The van der Waals surface area contributed by atoms with Gasteiger partial charge >= 0.3 is 124 Å². The molecule has 0 atom stereocenters. The minimum Gasteiger partial charge on any atom is -0.780 e. The Morgan fingerprint density at radius 2 is 1.00 bits per heavy atom. The topological polar surface area (TPSA) is 234 Å². The third-order valence-corrected chi connectivity index (χ3v) is 5.60. The molecule has 0 unspecified atom stereocenters. The van der Waals surface area contributed by atoms with Gasteiger partial charge in [0.15, 0.2) is 5.60 Å². The number of carbonyl (C=O) groups excluding carboxylic acids is 1. The second kappa shape index (κ2) is 17.2. The monoisotopic (exact) mass is 602 g/mol. The van der Waals surface area contributed by atoms with Gasteiger partial charge in [0.05, 0.1) is 5.56 Å². The molecule has 1 aliphatic heterocycles. The van der Waals surface area contributed by atoms with Crippen molar-refractivity contribution in [1.29, 1.82) is 0 Å². The van der Waals surface area contributed by atoms with E-state index in [9.17, 15) is 33.5 Å². The van der Waals surface area contributed by atoms with E-state index in [-0.39, 0.29) is 141 Å². The van der Waals surface area contributed by atoms with Crippen LogP contribution >= 0.6 is 15.6 Å². The van der Waals surface area contributed by atoms with Crippen LogP contribution in [0.4, 0.5) is 0 Å². The second-order valence-electron chi connectivity index (χ2n) is 6.74. The van der Waals surface area contributed by atoms with Crippen LogP contribution in [0.1, 0.15) is 27.0 Å². The van der Waals surface area contributed by atoms with Crippen LogP contribution in [0, 0.1) is 0 Å². The van der Waals surface area contributed by atoms with Crippen molar-refractivity contribution in [2.45, 2.75) is 5.60 Å². The summed E-state index contributed by atoms with van der Waals surface area (Å²) in [5.41, 5.74) is 0.0648. The quantitative estimate of drug-likeness (QED) is 0.147. The Hall–Kier alpha value is 0.950. The summed E-state index contributed by atoms with van der Waals surface area (Å²) in [6.07, 6.45) is 0. The number of rotatable bonds is 6. The molecule has 18 heteroatoms. The molecular weight excluding hydrogens is 586 g/mol. The number of esters is 1. The summed E-state index contributed by atoms with van der Waals surface area (Å²) in [7, 11) is -10.5. The summed E-state index contributed by atoms with van der Waals surface area (Å²) in [5, 5.41) is 0. The number of fused-ring (bicyclic) bond motifs is 1. The SMILES string of the molecule is O.O.O=C1OC(c2ccc(OP(=O)([O-])[O-])cc2)(c2ccc(OP(=O)([O-])[O-])cc2)c2ccccc21.[Na+].[Na+].[Na+].[Na+]. The molecule has 0 radical (unpaired) electrons. The number of cyclic esters (lactones) is 1. The van der Waals surface area contributed by atoms with Crippen LogP contribution in [0.2, 0.25) is 0 Å². The largest absolute Gasteiger partial charge is 1.00 e. The molecule has 4 rings (SSSR count). The molecule has 0 bridgehead atoms. The summed E-state index contributed by atoms with van der Waals surface area (Å²) >= 11 is 0. The Kier molecular flexibility index (Phi) is 19.6. The molecule has 38 heavy (non-hydrogen) atoms. The molecule has 0 saturated heterocycles. The zero-order valence-electron chi connectivity index (χ0n) is 20.9. The van der Waals surface area contributed by atoms with Crippen LogP contribution in [-0.2, 0) is 19.5 Å². The van der Waals surface area contributed by atoms with E-state index >= 15 is 0 Å². The van der Waals surface area contributed by atoms with Gasteiger partial charge < -0.3 is 53.4 Å². The number of benzene rings is 3. The summed E-state index contributed by atoms with van der Waals surface area (Å²) in [6.45, 7) is 0. The number of ether oxygens (including phenoxy) is 1. The van der Waals surface area contributed by atoms with Crippen molar-refractivity contribution >= 4 is 21.6 Å². The molecule has 0 amide bonds. The van der Waals surface area contributed by atoms with E-state index in [1.54, 1.807) is 24.3 Å². The predicted molar refractivity (Wildman–Crippen MR) is 108 cm³/mol. The van der Waals surface area contributed by atoms with Crippen LogP contribution in [0.3, 0.4) is 0 Å². The van der Waals surface area contributed by atoms with E-state index in [1.165, 1.54) is 48.5 Å². The average molecular weight is 602 g/mol. The maximum atomic E-state index is 12.6. The molecule has 0 fully saturated rings. The van der Waals surface area contributed by atoms with Crippen molar-refractivity contribution in [3.05, 3.63) is 95.1 Å². The van der Waals surface area contributed by atoms with E-state index in [0.717, 1.165) is 0 Å².